The maximum Gasteiger partial charge on any atom is 0.293 e. The molecule has 1 aliphatic rings. The summed E-state index contributed by atoms with van der Waals surface area (Å²) in [6.07, 6.45) is 0.880. The summed E-state index contributed by atoms with van der Waals surface area (Å²) in [6, 6.07) is 11.0. The van der Waals surface area contributed by atoms with E-state index >= 15 is 0 Å². The molecule has 170 valence electrons. The van der Waals surface area contributed by atoms with E-state index in [1.165, 1.54) is 6.20 Å². The molecule has 3 aromatic heterocycles. The molecule has 1 amide bonds. The van der Waals surface area contributed by atoms with Gasteiger partial charge in [0.2, 0.25) is 23.4 Å². The first-order valence-corrected chi connectivity index (χ1v) is 10.8. The number of aromatic amines is 1. The van der Waals surface area contributed by atoms with Crippen LogP contribution in [0.5, 0.6) is 0 Å². The number of imidazole rings is 1. The van der Waals surface area contributed by atoms with Gasteiger partial charge in [0.1, 0.15) is 12.0 Å². The second kappa shape index (κ2) is 7.62. The third kappa shape index (κ3) is 3.62. The number of benzene rings is 2. The number of amides is 1. The highest BCUT2D eigenvalue weighted by atomic mass is 19.1. The number of alkyl halides is 1. The first-order chi connectivity index (χ1) is 16.4. The molecule has 5 aromatic rings. The van der Waals surface area contributed by atoms with E-state index in [2.05, 4.69) is 30.4 Å². The highest BCUT2D eigenvalue weighted by molar-refractivity contribution is 6.03. The third-order valence-electron chi connectivity index (χ3n) is 5.79. The number of nitrogens with zero attached hydrogens (tertiary/aromatic N) is 4. The number of hydrogen-bond donors (Lipinski definition) is 2. The van der Waals surface area contributed by atoms with Crippen LogP contribution < -0.4 is 5.32 Å². The molecule has 2 atom stereocenters. The minimum atomic E-state index is -0.918. The summed E-state index contributed by atoms with van der Waals surface area (Å²) in [5.41, 5.74) is 4.49. The number of H-pyrrole nitrogens is 1. The second-order valence-corrected chi connectivity index (χ2v) is 8.38. The lowest BCUT2D eigenvalue weighted by Crippen LogP contribution is -2.12. The van der Waals surface area contributed by atoms with Crippen molar-refractivity contribution in [3.05, 3.63) is 65.6 Å². The van der Waals surface area contributed by atoms with Crippen LogP contribution in [0, 0.1) is 13.8 Å². The van der Waals surface area contributed by atoms with Gasteiger partial charge < -0.3 is 19.2 Å². The van der Waals surface area contributed by atoms with E-state index in [1.807, 2.05) is 44.2 Å². The molecule has 0 unspecified atom stereocenters. The van der Waals surface area contributed by atoms with E-state index < -0.39 is 12.1 Å². The fraction of sp³-hybridized carbons (Fsp3) is 0.208. The predicted molar refractivity (Wildman–Crippen MR) is 121 cm³/mol. The van der Waals surface area contributed by atoms with Gasteiger partial charge in [-0.3, -0.25) is 4.79 Å². The Morgan fingerprint density at radius 2 is 1.97 bits per heavy atom. The minimum Gasteiger partial charge on any atom is -0.431 e. The summed E-state index contributed by atoms with van der Waals surface area (Å²) >= 11 is 0. The normalized spacial score (nSPS) is 17.3. The van der Waals surface area contributed by atoms with E-state index in [0.717, 1.165) is 28.0 Å². The molecular weight excluding hydrogens is 439 g/mol. The molecule has 2 N–H and O–H groups in total. The maximum absolute atomic E-state index is 13.3. The highest BCUT2D eigenvalue weighted by Crippen LogP contribution is 2.43. The van der Waals surface area contributed by atoms with E-state index in [-0.39, 0.29) is 11.7 Å². The number of aromatic nitrogens is 5. The number of halogens is 1. The van der Waals surface area contributed by atoms with Gasteiger partial charge in [-0.05, 0) is 50.1 Å². The largest absolute Gasteiger partial charge is 0.431 e. The van der Waals surface area contributed by atoms with Crippen molar-refractivity contribution >= 4 is 22.6 Å². The predicted octanol–water partition coefficient (Wildman–Crippen LogP) is 4.96. The van der Waals surface area contributed by atoms with E-state index in [4.69, 9.17) is 8.94 Å². The Kier molecular flexibility index (Phi) is 4.54. The van der Waals surface area contributed by atoms with E-state index in [0.29, 0.717) is 35.3 Å². The molecule has 34 heavy (non-hydrogen) atoms. The Balaban J connectivity index is 1.22. The van der Waals surface area contributed by atoms with Gasteiger partial charge in [0.15, 0.2) is 0 Å². The van der Waals surface area contributed by atoms with Crippen LogP contribution in [0.2, 0.25) is 0 Å². The summed E-state index contributed by atoms with van der Waals surface area (Å²) in [7, 11) is 0. The lowest BCUT2D eigenvalue weighted by atomic mass is 10.1. The number of carbonyl (C=O) groups excluding carboxylic acids is 1. The van der Waals surface area contributed by atoms with Crippen molar-refractivity contribution < 1.29 is 18.1 Å². The molecule has 0 saturated heterocycles. The quantitative estimate of drug-likeness (QED) is 0.381. The molecule has 1 fully saturated rings. The number of anilines is 1. The zero-order valence-electron chi connectivity index (χ0n) is 18.3. The van der Waals surface area contributed by atoms with Crippen LogP contribution >= 0.6 is 0 Å². The number of carbonyl (C=O) groups is 1. The SMILES string of the molecule is Cc1nc2ccc(-c3ncc(C(=O)Nc4cc(-c5noc([C@H]6C[C@@H]6F)n5)ccc4C)o3)cc2[nH]1. The van der Waals surface area contributed by atoms with Crippen molar-refractivity contribution in [3.63, 3.8) is 0 Å². The Hall–Kier alpha value is -4.34. The van der Waals surface area contributed by atoms with Gasteiger partial charge in [-0.25, -0.2) is 14.4 Å². The van der Waals surface area contributed by atoms with Gasteiger partial charge in [0, 0.05) is 16.8 Å². The topological polar surface area (TPSA) is 123 Å². The zero-order valence-corrected chi connectivity index (χ0v) is 18.3. The van der Waals surface area contributed by atoms with Crippen molar-refractivity contribution in [3.8, 4) is 22.8 Å². The summed E-state index contributed by atoms with van der Waals surface area (Å²) in [5.74, 6) is 1.10. The Labute approximate surface area is 192 Å². The Bertz CT molecular complexity index is 1550. The van der Waals surface area contributed by atoms with Crippen LogP contribution in [0.4, 0.5) is 10.1 Å². The van der Waals surface area contributed by atoms with Crippen molar-refractivity contribution in [1.29, 1.82) is 0 Å². The van der Waals surface area contributed by atoms with Crippen molar-refractivity contribution in [2.24, 2.45) is 0 Å². The molecular formula is C24H19FN6O3. The molecule has 0 spiro atoms. The van der Waals surface area contributed by atoms with Crippen molar-refractivity contribution in [2.75, 3.05) is 5.32 Å². The van der Waals surface area contributed by atoms with E-state index in [1.54, 1.807) is 6.07 Å². The number of fused-ring (bicyclic) bond motifs is 1. The number of hydrogen-bond acceptors (Lipinski definition) is 7. The van der Waals surface area contributed by atoms with Crippen LogP contribution in [-0.4, -0.2) is 37.2 Å². The number of aryl methyl sites for hydroxylation is 2. The lowest BCUT2D eigenvalue weighted by molar-refractivity contribution is 0.0997. The van der Waals surface area contributed by atoms with Crippen LogP contribution in [0.1, 0.15) is 40.2 Å². The monoisotopic (exact) mass is 458 g/mol. The first-order valence-electron chi connectivity index (χ1n) is 10.8. The first kappa shape index (κ1) is 20.3. The smallest absolute Gasteiger partial charge is 0.293 e. The van der Waals surface area contributed by atoms with Crippen LogP contribution in [-0.2, 0) is 0 Å². The summed E-state index contributed by atoms with van der Waals surface area (Å²) in [6.45, 7) is 3.75. The van der Waals surface area contributed by atoms with Crippen molar-refractivity contribution in [1.82, 2.24) is 25.1 Å². The molecule has 3 heterocycles. The summed E-state index contributed by atoms with van der Waals surface area (Å²) in [4.78, 5) is 29.0. The molecule has 0 bridgehead atoms. The molecule has 9 nitrogen and oxygen atoms in total. The molecule has 0 aliphatic heterocycles. The number of nitrogens with one attached hydrogen (secondary N) is 2. The zero-order chi connectivity index (χ0) is 23.4. The maximum atomic E-state index is 13.3. The molecule has 1 saturated carbocycles. The van der Waals surface area contributed by atoms with E-state index in [9.17, 15) is 9.18 Å². The molecule has 6 rings (SSSR count). The van der Waals surface area contributed by atoms with Gasteiger partial charge >= 0.3 is 0 Å². The standard InChI is InChI=1S/C24H19FN6O3/c1-11-3-4-13(21-30-24(34-31-21)15-9-16(15)25)7-18(11)29-22(32)20-10-26-23(33-20)14-5-6-17-19(8-14)28-12(2)27-17/h3-8,10,15-16H,9H2,1-2H3,(H,27,28)(H,29,32)/t15-,16-/m0/s1. The van der Waals surface area contributed by atoms with Gasteiger partial charge in [-0.1, -0.05) is 17.3 Å². The van der Waals surface area contributed by atoms with Crippen LogP contribution in [0.15, 0.2) is 51.5 Å². The molecule has 10 heteroatoms. The fourth-order valence-corrected chi connectivity index (χ4v) is 3.79. The molecule has 2 aromatic carbocycles. The minimum absolute atomic E-state index is 0.0743. The molecule has 0 radical (unpaired) electrons. The van der Waals surface area contributed by atoms with Gasteiger partial charge in [-0.2, -0.15) is 4.98 Å². The Morgan fingerprint density at radius 1 is 1.15 bits per heavy atom. The van der Waals surface area contributed by atoms with Gasteiger partial charge in [0.25, 0.3) is 5.91 Å². The average molecular weight is 458 g/mol. The summed E-state index contributed by atoms with van der Waals surface area (Å²) in [5, 5.41) is 6.80. The Morgan fingerprint density at radius 3 is 2.79 bits per heavy atom. The number of oxazole rings is 1. The van der Waals surface area contributed by atoms with Crippen LogP contribution in [0.25, 0.3) is 33.9 Å². The fourth-order valence-electron chi connectivity index (χ4n) is 3.79. The van der Waals surface area contributed by atoms with Gasteiger partial charge in [-0.15, -0.1) is 0 Å². The second-order valence-electron chi connectivity index (χ2n) is 8.38. The highest BCUT2D eigenvalue weighted by Gasteiger charge is 2.43. The summed E-state index contributed by atoms with van der Waals surface area (Å²) < 4.78 is 24.2. The lowest BCUT2D eigenvalue weighted by Gasteiger charge is -2.08. The molecule has 1 aliphatic carbocycles. The number of rotatable bonds is 5. The average Bonchev–Trinajstić information content (AvgIpc) is 3.26. The van der Waals surface area contributed by atoms with Crippen molar-refractivity contribution in [2.45, 2.75) is 32.4 Å². The third-order valence-corrected chi connectivity index (χ3v) is 5.79. The van der Waals surface area contributed by atoms with Crippen LogP contribution in [0.3, 0.4) is 0 Å². The van der Waals surface area contributed by atoms with Gasteiger partial charge in [0.05, 0.1) is 23.1 Å².